The summed E-state index contributed by atoms with van der Waals surface area (Å²) >= 11 is 0. The second kappa shape index (κ2) is 4.04. The predicted octanol–water partition coefficient (Wildman–Crippen LogP) is 0.642. The molecule has 0 spiro atoms. The Hall–Kier alpha value is -2.11. The maximum Gasteiger partial charge on any atom is 0.193 e. The van der Waals surface area contributed by atoms with Gasteiger partial charge in [0.1, 0.15) is 0 Å². The van der Waals surface area contributed by atoms with Crippen LogP contribution in [-0.4, -0.2) is 33.3 Å². The first-order chi connectivity index (χ1) is 8.33. The summed E-state index contributed by atoms with van der Waals surface area (Å²) in [6.07, 6.45) is 0. The molecule has 17 heavy (non-hydrogen) atoms. The summed E-state index contributed by atoms with van der Waals surface area (Å²) in [6, 6.07) is 8.28. The molecule has 1 N–H and O–H groups in total. The number of fused-ring (bicyclic) bond motifs is 1. The minimum absolute atomic E-state index is 0.701. The van der Waals surface area contributed by atoms with Crippen molar-refractivity contribution in [3.05, 3.63) is 30.1 Å². The van der Waals surface area contributed by atoms with E-state index in [4.69, 9.17) is 0 Å². The van der Waals surface area contributed by atoms with E-state index in [0.29, 0.717) is 6.54 Å². The highest BCUT2D eigenvalue weighted by atomic mass is 15.6. The second-order valence-electron chi connectivity index (χ2n) is 4.06. The lowest BCUT2D eigenvalue weighted by atomic mass is 10.2. The molecule has 0 aliphatic carbocycles. The highest BCUT2D eigenvalue weighted by molar-refractivity contribution is 5.71. The van der Waals surface area contributed by atoms with Crippen LogP contribution < -0.4 is 10.2 Å². The van der Waals surface area contributed by atoms with Gasteiger partial charge in [0.05, 0.1) is 25.0 Å². The summed E-state index contributed by atoms with van der Waals surface area (Å²) in [5, 5.41) is 15.5. The standard InChI is InChI=1S/C11H14N6/c1-16-14-11(13-15-16)8-17-7-6-12-9-4-2-3-5-10(9)17/h2-5,12H,6-8H2,1H3. The van der Waals surface area contributed by atoms with Gasteiger partial charge < -0.3 is 10.2 Å². The van der Waals surface area contributed by atoms with Gasteiger partial charge in [0.2, 0.25) is 0 Å². The van der Waals surface area contributed by atoms with Crippen LogP contribution in [0.5, 0.6) is 0 Å². The average molecular weight is 230 g/mol. The number of aromatic nitrogens is 4. The highest BCUT2D eigenvalue weighted by Gasteiger charge is 2.17. The molecule has 0 radical (unpaired) electrons. The van der Waals surface area contributed by atoms with Gasteiger partial charge in [-0.05, 0) is 17.3 Å². The van der Waals surface area contributed by atoms with Crippen LogP contribution in [0.25, 0.3) is 0 Å². The van der Waals surface area contributed by atoms with Gasteiger partial charge in [-0.3, -0.25) is 0 Å². The van der Waals surface area contributed by atoms with E-state index < -0.39 is 0 Å². The first kappa shape index (κ1) is 10.1. The summed E-state index contributed by atoms with van der Waals surface area (Å²) in [4.78, 5) is 3.76. The largest absolute Gasteiger partial charge is 0.382 e. The third-order valence-electron chi connectivity index (χ3n) is 2.82. The van der Waals surface area contributed by atoms with E-state index in [9.17, 15) is 0 Å². The monoisotopic (exact) mass is 230 g/mol. The fourth-order valence-electron chi connectivity index (χ4n) is 2.07. The number of nitrogens with zero attached hydrogens (tertiary/aromatic N) is 5. The van der Waals surface area contributed by atoms with Gasteiger partial charge in [-0.15, -0.1) is 10.2 Å². The van der Waals surface area contributed by atoms with E-state index >= 15 is 0 Å². The highest BCUT2D eigenvalue weighted by Crippen LogP contribution is 2.28. The second-order valence-corrected chi connectivity index (χ2v) is 4.06. The topological polar surface area (TPSA) is 58.9 Å². The van der Waals surface area contributed by atoms with Gasteiger partial charge in [0.15, 0.2) is 5.82 Å². The fourth-order valence-corrected chi connectivity index (χ4v) is 2.07. The Balaban J connectivity index is 1.85. The van der Waals surface area contributed by atoms with Crippen molar-refractivity contribution in [2.45, 2.75) is 6.54 Å². The number of para-hydroxylation sites is 2. The maximum atomic E-state index is 4.21. The Morgan fingerprint density at radius 1 is 1.35 bits per heavy atom. The van der Waals surface area contributed by atoms with Crippen molar-refractivity contribution in [3.8, 4) is 0 Å². The molecule has 1 aliphatic heterocycles. The van der Waals surface area contributed by atoms with Crippen LogP contribution in [0, 0.1) is 0 Å². The number of hydrogen-bond donors (Lipinski definition) is 1. The van der Waals surface area contributed by atoms with E-state index in [1.807, 2.05) is 12.1 Å². The van der Waals surface area contributed by atoms with Gasteiger partial charge in [0.25, 0.3) is 0 Å². The lowest BCUT2D eigenvalue weighted by molar-refractivity contribution is 0.626. The van der Waals surface area contributed by atoms with Crippen molar-refractivity contribution in [1.29, 1.82) is 0 Å². The summed E-state index contributed by atoms with van der Waals surface area (Å²) in [5.41, 5.74) is 2.37. The van der Waals surface area contributed by atoms with Crippen molar-refractivity contribution in [2.75, 3.05) is 23.3 Å². The Morgan fingerprint density at radius 2 is 2.24 bits per heavy atom. The fraction of sp³-hybridized carbons (Fsp3) is 0.364. The van der Waals surface area contributed by atoms with Crippen LogP contribution >= 0.6 is 0 Å². The molecule has 6 nitrogen and oxygen atoms in total. The molecule has 0 saturated carbocycles. The molecule has 0 bridgehead atoms. The van der Waals surface area contributed by atoms with Gasteiger partial charge in [-0.1, -0.05) is 12.1 Å². The molecule has 1 aromatic heterocycles. The van der Waals surface area contributed by atoms with Crippen LogP contribution in [0.15, 0.2) is 24.3 Å². The molecule has 1 aromatic carbocycles. The third-order valence-corrected chi connectivity index (χ3v) is 2.82. The lowest BCUT2D eigenvalue weighted by Gasteiger charge is -2.30. The Labute approximate surface area is 99.2 Å². The quantitative estimate of drug-likeness (QED) is 0.820. The zero-order valence-corrected chi connectivity index (χ0v) is 9.67. The molecule has 88 valence electrons. The average Bonchev–Trinajstić information content (AvgIpc) is 2.75. The number of aryl methyl sites for hydroxylation is 1. The Morgan fingerprint density at radius 3 is 3.06 bits per heavy atom. The molecule has 1 aliphatic rings. The predicted molar refractivity (Wildman–Crippen MR) is 64.8 cm³/mol. The van der Waals surface area contributed by atoms with Crippen molar-refractivity contribution in [3.63, 3.8) is 0 Å². The first-order valence-corrected chi connectivity index (χ1v) is 5.63. The SMILES string of the molecule is Cn1nnc(CN2CCNc3ccccc32)n1. The molecule has 0 atom stereocenters. The number of anilines is 2. The molecule has 2 aromatic rings. The van der Waals surface area contributed by atoms with Crippen molar-refractivity contribution in [2.24, 2.45) is 7.05 Å². The van der Waals surface area contributed by atoms with Crippen LogP contribution in [0.4, 0.5) is 11.4 Å². The molecule has 0 saturated heterocycles. The lowest BCUT2D eigenvalue weighted by Crippen LogP contribution is -2.33. The first-order valence-electron chi connectivity index (χ1n) is 5.63. The van der Waals surface area contributed by atoms with Crippen molar-refractivity contribution >= 4 is 11.4 Å². The third kappa shape index (κ3) is 1.93. The smallest absolute Gasteiger partial charge is 0.193 e. The van der Waals surface area contributed by atoms with Crippen molar-refractivity contribution < 1.29 is 0 Å². The molecular weight excluding hydrogens is 216 g/mol. The number of benzene rings is 1. The van der Waals surface area contributed by atoms with Gasteiger partial charge >= 0.3 is 0 Å². The maximum absolute atomic E-state index is 4.21. The molecule has 0 unspecified atom stereocenters. The number of tetrazole rings is 1. The minimum atomic E-state index is 0.701. The van der Waals surface area contributed by atoms with Crippen molar-refractivity contribution in [1.82, 2.24) is 20.2 Å². The van der Waals surface area contributed by atoms with Gasteiger partial charge in [0, 0.05) is 13.1 Å². The summed E-state index contributed by atoms with van der Waals surface area (Å²) in [7, 11) is 1.78. The summed E-state index contributed by atoms with van der Waals surface area (Å²) in [5.74, 6) is 0.754. The zero-order chi connectivity index (χ0) is 11.7. The Kier molecular flexibility index (Phi) is 2.40. The number of nitrogens with one attached hydrogen (secondary N) is 1. The Bertz CT molecular complexity index is 520. The zero-order valence-electron chi connectivity index (χ0n) is 9.67. The molecular formula is C11H14N6. The van der Waals surface area contributed by atoms with Crippen LogP contribution in [-0.2, 0) is 13.6 Å². The molecule has 0 fully saturated rings. The normalized spacial score (nSPS) is 14.3. The van der Waals surface area contributed by atoms with Gasteiger partial charge in [-0.25, -0.2) is 0 Å². The molecule has 2 heterocycles. The number of hydrogen-bond acceptors (Lipinski definition) is 5. The molecule has 3 rings (SSSR count). The van der Waals surface area contributed by atoms with Crippen LogP contribution in [0.1, 0.15) is 5.82 Å². The van der Waals surface area contributed by atoms with E-state index in [1.165, 1.54) is 16.2 Å². The summed E-state index contributed by atoms with van der Waals surface area (Å²) in [6.45, 7) is 2.60. The van der Waals surface area contributed by atoms with E-state index in [-0.39, 0.29) is 0 Å². The minimum Gasteiger partial charge on any atom is -0.382 e. The van der Waals surface area contributed by atoms with E-state index in [2.05, 4.69) is 37.8 Å². The van der Waals surface area contributed by atoms with E-state index in [1.54, 1.807) is 7.05 Å². The molecule has 6 heteroatoms. The van der Waals surface area contributed by atoms with Crippen LogP contribution in [0.3, 0.4) is 0 Å². The van der Waals surface area contributed by atoms with Crippen LogP contribution in [0.2, 0.25) is 0 Å². The number of rotatable bonds is 2. The van der Waals surface area contributed by atoms with E-state index in [0.717, 1.165) is 18.9 Å². The molecule has 0 amide bonds. The van der Waals surface area contributed by atoms with Gasteiger partial charge in [-0.2, -0.15) is 4.80 Å². The summed E-state index contributed by atoms with van der Waals surface area (Å²) < 4.78 is 0.